The summed E-state index contributed by atoms with van der Waals surface area (Å²) >= 11 is 0. The number of imidazole rings is 1. The van der Waals surface area contributed by atoms with Crippen molar-refractivity contribution >= 4 is 23.8 Å². The highest BCUT2D eigenvalue weighted by atomic mass is 16.4. The predicted octanol–water partition coefficient (Wildman–Crippen LogP) is -2.85. The summed E-state index contributed by atoms with van der Waals surface area (Å²) in [4.78, 5) is 47.6. The van der Waals surface area contributed by atoms with Crippen molar-refractivity contribution in [2.75, 3.05) is 13.1 Å². The fourth-order valence-electron chi connectivity index (χ4n) is 1.55. The third-order valence-electron chi connectivity index (χ3n) is 2.64. The Hall–Kier alpha value is -2.95. The maximum Gasteiger partial charge on any atom is 0.322 e. The summed E-state index contributed by atoms with van der Waals surface area (Å²) in [5.74, 6) is -3.44. The molecule has 6 N–H and O–H groups in total. The second-order valence-electron chi connectivity index (χ2n) is 4.63. The van der Waals surface area contributed by atoms with Crippen molar-refractivity contribution in [3.63, 3.8) is 0 Å². The lowest BCUT2D eigenvalue weighted by Gasteiger charge is -2.06. The van der Waals surface area contributed by atoms with Gasteiger partial charge in [0.05, 0.1) is 18.6 Å². The quantitative estimate of drug-likeness (QED) is 0.322. The van der Waals surface area contributed by atoms with Crippen molar-refractivity contribution in [2.24, 2.45) is 5.73 Å². The van der Waals surface area contributed by atoms with E-state index in [4.69, 9.17) is 15.9 Å². The van der Waals surface area contributed by atoms with Gasteiger partial charge in [0.2, 0.25) is 11.8 Å². The first-order valence-corrected chi connectivity index (χ1v) is 6.52. The predicted molar refractivity (Wildman–Crippen MR) is 75.2 cm³/mol. The molecule has 0 aliphatic rings. The summed E-state index contributed by atoms with van der Waals surface area (Å²) in [6.07, 6.45) is 2.85. The largest absolute Gasteiger partial charge is 0.480 e. The highest BCUT2D eigenvalue weighted by Gasteiger charge is 2.14. The third kappa shape index (κ3) is 7.04. The minimum Gasteiger partial charge on any atom is -0.480 e. The van der Waals surface area contributed by atoms with Gasteiger partial charge in [0.15, 0.2) is 0 Å². The fraction of sp³-hybridized carbons (Fsp3) is 0.417. The first-order valence-electron chi connectivity index (χ1n) is 6.52. The number of rotatable bonds is 9. The minimum absolute atomic E-state index is 0.0293. The van der Waals surface area contributed by atoms with E-state index in [-0.39, 0.29) is 19.5 Å². The van der Waals surface area contributed by atoms with Crippen molar-refractivity contribution in [3.05, 3.63) is 18.2 Å². The van der Waals surface area contributed by atoms with Crippen LogP contribution >= 0.6 is 0 Å². The average molecular weight is 327 g/mol. The molecule has 11 heteroatoms. The first kappa shape index (κ1) is 18.1. The van der Waals surface area contributed by atoms with E-state index >= 15 is 0 Å². The van der Waals surface area contributed by atoms with Gasteiger partial charge in [0.1, 0.15) is 19.1 Å². The number of nitrogens with one attached hydrogen (secondary N) is 2. The van der Waals surface area contributed by atoms with Crippen LogP contribution in [-0.2, 0) is 32.1 Å². The molecular weight excluding hydrogens is 310 g/mol. The van der Waals surface area contributed by atoms with Gasteiger partial charge in [-0.25, -0.2) is 4.98 Å². The highest BCUT2D eigenvalue weighted by molar-refractivity contribution is 5.86. The molecule has 0 aromatic carbocycles. The molecule has 1 atom stereocenters. The van der Waals surface area contributed by atoms with Crippen LogP contribution in [0.25, 0.3) is 0 Å². The number of hydrogen-bond donors (Lipinski definition) is 5. The summed E-state index contributed by atoms with van der Waals surface area (Å²) < 4.78 is 1.41. The molecule has 1 unspecified atom stereocenters. The summed E-state index contributed by atoms with van der Waals surface area (Å²) in [7, 11) is 0. The van der Waals surface area contributed by atoms with Gasteiger partial charge in [0.25, 0.3) is 0 Å². The number of aliphatic carboxylic acids is 2. The number of aromatic nitrogens is 2. The Bertz CT molecular complexity index is 599. The Morgan fingerprint density at radius 1 is 1.17 bits per heavy atom. The molecular formula is C12H17N5O6. The summed E-state index contributed by atoms with van der Waals surface area (Å²) in [5, 5.41) is 21.5. The van der Waals surface area contributed by atoms with E-state index in [1.165, 1.54) is 17.1 Å². The molecule has 0 radical (unpaired) electrons. The second kappa shape index (κ2) is 8.48. The van der Waals surface area contributed by atoms with Gasteiger partial charge in [-0.15, -0.1) is 0 Å². The fourth-order valence-corrected chi connectivity index (χ4v) is 1.55. The Labute approximate surface area is 130 Å². The van der Waals surface area contributed by atoms with Crippen LogP contribution in [0.4, 0.5) is 0 Å². The van der Waals surface area contributed by atoms with Gasteiger partial charge < -0.3 is 31.1 Å². The summed E-state index contributed by atoms with van der Waals surface area (Å²) in [5.41, 5.74) is 5.80. The smallest absolute Gasteiger partial charge is 0.322 e. The number of carboxylic acid groups (broad SMARTS) is 2. The molecule has 1 aromatic heterocycles. The van der Waals surface area contributed by atoms with E-state index in [2.05, 4.69) is 15.6 Å². The summed E-state index contributed by atoms with van der Waals surface area (Å²) in [6.45, 7) is -0.998. The van der Waals surface area contributed by atoms with Gasteiger partial charge in [-0.1, -0.05) is 0 Å². The second-order valence-corrected chi connectivity index (χ2v) is 4.63. The zero-order valence-electron chi connectivity index (χ0n) is 12.1. The molecule has 23 heavy (non-hydrogen) atoms. The Kier molecular flexibility index (Phi) is 6.68. The normalized spacial score (nSPS) is 11.5. The van der Waals surface area contributed by atoms with E-state index in [0.29, 0.717) is 5.69 Å². The Morgan fingerprint density at radius 3 is 2.43 bits per heavy atom. The van der Waals surface area contributed by atoms with E-state index in [9.17, 15) is 19.2 Å². The van der Waals surface area contributed by atoms with Crippen molar-refractivity contribution in [2.45, 2.75) is 19.0 Å². The van der Waals surface area contributed by atoms with Crippen molar-refractivity contribution in [1.29, 1.82) is 0 Å². The maximum atomic E-state index is 11.6. The molecule has 1 aromatic rings. The van der Waals surface area contributed by atoms with Crippen LogP contribution < -0.4 is 16.4 Å². The van der Waals surface area contributed by atoms with Crippen LogP contribution in [0.2, 0.25) is 0 Å². The SMILES string of the molecule is NC(Cc1cn(CC(=O)NCC(=O)NCC(=O)O)cn1)C(=O)O. The molecule has 1 heterocycles. The minimum atomic E-state index is -1.19. The maximum absolute atomic E-state index is 11.6. The zero-order chi connectivity index (χ0) is 17.4. The molecule has 0 fully saturated rings. The van der Waals surface area contributed by atoms with Crippen molar-refractivity contribution in [1.82, 2.24) is 20.2 Å². The van der Waals surface area contributed by atoms with Crippen LogP contribution in [0, 0.1) is 0 Å². The van der Waals surface area contributed by atoms with Crippen molar-refractivity contribution in [3.8, 4) is 0 Å². The van der Waals surface area contributed by atoms with Gasteiger partial charge in [-0.2, -0.15) is 0 Å². The summed E-state index contributed by atoms with van der Waals surface area (Å²) in [6, 6.07) is -1.08. The van der Waals surface area contributed by atoms with E-state index < -0.39 is 36.3 Å². The third-order valence-corrected chi connectivity index (χ3v) is 2.64. The number of carbonyl (C=O) groups excluding carboxylic acids is 2. The molecule has 126 valence electrons. The first-order chi connectivity index (χ1) is 10.8. The standard InChI is InChI=1S/C12H17N5O6/c13-8(12(22)23)1-7-4-17(6-16-7)5-10(19)14-2-9(18)15-3-11(20)21/h4,6,8H,1-3,5,13H2,(H,14,19)(H,15,18)(H,20,21)(H,22,23). The lowest BCUT2D eigenvalue weighted by molar-refractivity contribution is -0.139. The Morgan fingerprint density at radius 2 is 1.83 bits per heavy atom. The molecule has 0 aliphatic heterocycles. The molecule has 11 nitrogen and oxygen atoms in total. The lowest BCUT2D eigenvalue weighted by atomic mass is 10.2. The van der Waals surface area contributed by atoms with E-state index in [1.54, 1.807) is 0 Å². The number of carboxylic acids is 2. The number of nitrogens with zero attached hydrogens (tertiary/aromatic N) is 2. The molecule has 1 rings (SSSR count). The molecule has 0 aliphatic carbocycles. The van der Waals surface area contributed by atoms with Crippen LogP contribution in [0.15, 0.2) is 12.5 Å². The van der Waals surface area contributed by atoms with Gasteiger partial charge in [-0.3, -0.25) is 19.2 Å². The van der Waals surface area contributed by atoms with E-state index in [0.717, 1.165) is 0 Å². The number of amides is 2. The molecule has 0 saturated carbocycles. The van der Waals surface area contributed by atoms with Gasteiger partial charge in [0, 0.05) is 12.6 Å². The molecule has 0 saturated heterocycles. The number of nitrogens with two attached hydrogens (primary N) is 1. The molecule has 0 spiro atoms. The van der Waals surface area contributed by atoms with Gasteiger partial charge in [-0.05, 0) is 0 Å². The monoisotopic (exact) mass is 327 g/mol. The highest BCUT2D eigenvalue weighted by Crippen LogP contribution is 2.00. The van der Waals surface area contributed by atoms with Crippen LogP contribution in [0.5, 0.6) is 0 Å². The number of carbonyl (C=O) groups is 4. The van der Waals surface area contributed by atoms with Crippen LogP contribution in [0.3, 0.4) is 0 Å². The van der Waals surface area contributed by atoms with Crippen LogP contribution in [-0.4, -0.2) is 62.6 Å². The molecule has 2 amide bonds. The number of hydrogen-bond acceptors (Lipinski definition) is 6. The van der Waals surface area contributed by atoms with E-state index in [1.807, 2.05) is 0 Å². The van der Waals surface area contributed by atoms with Gasteiger partial charge >= 0.3 is 11.9 Å². The topological polar surface area (TPSA) is 177 Å². The van der Waals surface area contributed by atoms with Crippen molar-refractivity contribution < 1.29 is 29.4 Å². The lowest BCUT2D eigenvalue weighted by Crippen LogP contribution is -2.39. The average Bonchev–Trinajstić information content (AvgIpc) is 2.89. The van der Waals surface area contributed by atoms with Crippen LogP contribution in [0.1, 0.15) is 5.69 Å². The zero-order valence-corrected chi connectivity index (χ0v) is 12.1. The molecule has 0 bridgehead atoms. The Balaban J connectivity index is 2.37.